The second-order valence-corrected chi connectivity index (χ2v) is 4.57. The number of nitrogens with zero attached hydrogens (tertiary/aromatic N) is 1. The van der Waals surface area contributed by atoms with Crippen molar-refractivity contribution in [3.05, 3.63) is 29.8 Å². The number of benzene rings is 1. The summed E-state index contributed by atoms with van der Waals surface area (Å²) in [6, 6.07) is 7.09. The van der Waals surface area contributed by atoms with Crippen LogP contribution in [0.4, 0.5) is 10.5 Å². The highest BCUT2D eigenvalue weighted by atomic mass is 16.3. The number of anilines is 1. The first kappa shape index (κ1) is 14.5. The van der Waals surface area contributed by atoms with Crippen LogP contribution < -0.4 is 11.1 Å². The number of aliphatic hydroxyl groups is 1. The number of urea groups is 1. The van der Waals surface area contributed by atoms with E-state index in [-0.39, 0.29) is 12.1 Å². The number of hydrogen-bond donors (Lipinski definition) is 3. The topological polar surface area (TPSA) is 78.6 Å². The number of carbonyl (C=O) groups is 1. The normalized spacial score (nSPS) is 13.8. The molecule has 2 amide bonds. The Kier molecular flexibility index (Phi) is 5.12. The van der Waals surface area contributed by atoms with Crippen molar-refractivity contribution < 1.29 is 9.90 Å². The first-order valence-corrected chi connectivity index (χ1v) is 5.96. The molecule has 5 heteroatoms. The highest BCUT2D eigenvalue weighted by Crippen LogP contribution is 2.15. The van der Waals surface area contributed by atoms with Gasteiger partial charge in [0, 0.05) is 25.3 Å². The van der Waals surface area contributed by atoms with Crippen molar-refractivity contribution in [3.8, 4) is 0 Å². The molecule has 1 aromatic carbocycles. The van der Waals surface area contributed by atoms with Crippen LogP contribution in [0.3, 0.4) is 0 Å². The van der Waals surface area contributed by atoms with E-state index in [4.69, 9.17) is 5.73 Å². The van der Waals surface area contributed by atoms with Crippen LogP contribution in [0.25, 0.3) is 0 Å². The molecule has 0 fully saturated rings. The van der Waals surface area contributed by atoms with Gasteiger partial charge in [-0.15, -0.1) is 0 Å². The first-order chi connectivity index (χ1) is 8.40. The minimum atomic E-state index is -0.545. The van der Waals surface area contributed by atoms with Crippen molar-refractivity contribution >= 4 is 11.7 Å². The molecule has 0 spiro atoms. The van der Waals surface area contributed by atoms with Gasteiger partial charge in [-0.25, -0.2) is 4.79 Å². The lowest BCUT2D eigenvalue weighted by molar-refractivity contribution is 0.149. The Morgan fingerprint density at radius 3 is 2.72 bits per heavy atom. The molecule has 4 N–H and O–H groups in total. The van der Waals surface area contributed by atoms with Gasteiger partial charge in [0.05, 0.1) is 6.10 Å². The molecule has 0 aliphatic carbocycles. The molecule has 2 unspecified atom stereocenters. The molecule has 0 saturated carbocycles. The van der Waals surface area contributed by atoms with Gasteiger partial charge in [0.2, 0.25) is 0 Å². The average Bonchev–Trinajstić information content (AvgIpc) is 2.28. The molecule has 0 aromatic heterocycles. The molecule has 18 heavy (non-hydrogen) atoms. The quantitative estimate of drug-likeness (QED) is 0.759. The van der Waals surface area contributed by atoms with Gasteiger partial charge < -0.3 is 21.1 Å². The third-order valence-electron chi connectivity index (χ3n) is 2.55. The number of rotatable bonds is 4. The van der Waals surface area contributed by atoms with Crippen molar-refractivity contribution in [3.63, 3.8) is 0 Å². The fourth-order valence-electron chi connectivity index (χ4n) is 1.60. The van der Waals surface area contributed by atoms with Crippen LogP contribution in [0, 0.1) is 0 Å². The second kappa shape index (κ2) is 6.37. The lowest BCUT2D eigenvalue weighted by atomic mass is 10.1. The Balaban J connectivity index is 2.67. The van der Waals surface area contributed by atoms with Crippen molar-refractivity contribution in [2.45, 2.75) is 26.0 Å². The fraction of sp³-hybridized carbons (Fsp3) is 0.462. The zero-order valence-electron chi connectivity index (χ0n) is 11.1. The lowest BCUT2D eigenvalue weighted by Crippen LogP contribution is -2.36. The molecule has 0 radical (unpaired) electrons. The monoisotopic (exact) mass is 251 g/mol. The standard InChI is InChI=1S/C13H21N3O2/c1-9(17)8-16(3)13(18)15-12-6-4-5-11(7-12)10(2)14/h4-7,9-10,17H,8,14H2,1-3H3,(H,15,18). The van der Waals surface area contributed by atoms with Gasteiger partial charge in [0.1, 0.15) is 0 Å². The highest BCUT2D eigenvalue weighted by Gasteiger charge is 2.11. The van der Waals surface area contributed by atoms with Crippen molar-refractivity contribution in [2.75, 3.05) is 18.9 Å². The van der Waals surface area contributed by atoms with E-state index in [0.717, 1.165) is 5.56 Å². The highest BCUT2D eigenvalue weighted by molar-refractivity contribution is 5.89. The Labute approximate surface area is 108 Å². The summed E-state index contributed by atoms with van der Waals surface area (Å²) in [6.45, 7) is 3.82. The Morgan fingerprint density at radius 2 is 2.17 bits per heavy atom. The van der Waals surface area contributed by atoms with Crippen molar-refractivity contribution in [2.24, 2.45) is 5.73 Å². The summed E-state index contributed by atoms with van der Waals surface area (Å²) in [4.78, 5) is 13.2. The summed E-state index contributed by atoms with van der Waals surface area (Å²) in [7, 11) is 1.64. The molecular weight excluding hydrogens is 230 g/mol. The van der Waals surface area contributed by atoms with Crippen LogP contribution >= 0.6 is 0 Å². The van der Waals surface area contributed by atoms with Gasteiger partial charge in [0.25, 0.3) is 0 Å². The minimum Gasteiger partial charge on any atom is -0.392 e. The summed E-state index contributed by atoms with van der Waals surface area (Å²) in [5.74, 6) is 0. The average molecular weight is 251 g/mol. The summed E-state index contributed by atoms with van der Waals surface area (Å²) in [6.07, 6.45) is -0.545. The third-order valence-corrected chi connectivity index (χ3v) is 2.55. The second-order valence-electron chi connectivity index (χ2n) is 4.57. The molecule has 100 valence electrons. The molecule has 0 heterocycles. The van der Waals surface area contributed by atoms with E-state index in [9.17, 15) is 9.90 Å². The van der Waals surface area contributed by atoms with Crippen molar-refractivity contribution in [1.82, 2.24) is 4.90 Å². The van der Waals surface area contributed by atoms with Gasteiger partial charge >= 0.3 is 6.03 Å². The molecular formula is C13H21N3O2. The fourth-order valence-corrected chi connectivity index (χ4v) is 1.60. The maximum Gasteiger partial charge on any atom is 0.321 e. The zero-order valence-corrected chi connectivity index (χ0v) is 11.1. The maximum atomic E-state index is 11.8. The van der Waals surface area contributed by atoms with Gasteiger partial charge in [0.15, 0.2) is 0 Å². The number of hydrogen-bond acceptors (Lipinski definition) is 3. The summed E-state index contributed by atoms with van der Waals surface area (Å²) >= 11 is 0. The van der Waals surface area contributed by atoms with E-state index in [0.29, 0.717) is 12.2 Å². The van der Waals surface area contributed by atoms with Crippen LogP contribution in [0.1, 0.15) is 25.5 Å². The summed E-state index contributed by atoms with van der Waals surface area (Å²) < 4.78 is 0. The minimum absolute atomic E-state index is 0.0722. The SMILES string of the molecule is CC(O)CN(C)C(=O)Nc1cccc(C(C)N)c1. The first-order valence-electron chi connectivity index (χ1n) is 5.96. The number of nitrogens with two attached hydrogens (primary N) is 1. The van der Waals surface area contributed by atoms with Crippen molar-refractivity contribution in [1.29, 1.82) is 0 Å². The number of amides is 2. The van der Waals surface area contributed by atoms with E-state index in [1.165, 1.54) is 4.90 Å². The lowest BCUT2D eigenvalue weighted by Gasteiger charge is -2.19. The molecule has 1 aromatic rings. The number of carbonyl (C=O) groups excluding carboxylic acids is 1. The summed E-state index contributed by atoms with van der Waals surface area (Å²) in [5.41, 5.74) is 7.45. The maximum absolute atomic E-state index is 11.8. The zero-order chi connectivity index (χ0) is 13.7. The van der Waals surface area contributed by atoms with Crippen LogP contribution in [0.5, 0.6) is 0 Å². The Morgan fingerprint density at radius 1 is 1.50 bits per heavy atom. The van der Waals surface area contributed by atoms with Crippen LogP contribution in [0.2, 0.25) is 0 Å². The van der Waals surface area contributed by atoms with E-state index in [1.807, 2.05) is 25.1 Å². The van der Waals surface area contributed by atoms with Crippen LogP contribution in [-0.4, -0.2) is 35.7 Å². The van der Waals surface area contributed by atoms with Crippen LogP contribution in [0.15, 0.2) is 24.3 Å². The predicted octanol–water partition coefficient (Wildman–Crippen LogP) is 1.55. The molecule has 0 bridgehead atoms. The van der Waals surface area contributed by atoms with Gasteiger partial charge in [-0.1, -0.05) is 12.1 Å². The van der Waals surface area contributed by atoms with E-state index in [2.05, 4.69) is 5.32 Å². The molecule has 5 nitrogen and oxygen atoms in total. The van der Waals surface area contributed by atoms with E-state index in [1.54, 1.807) is 20.0 Å². The predicted molar refractivity (Wildman–Crippen MR) is 72.4 cm³/mol. The smallest absolute Gasteiger partial charge is 0.321 e. The number of aliphatic hydroxyl groups excluding tert-OH is 1. The Bertz CT molecular complexity index is 405. The Hall–Kier alpha value is -1.59. The van der Waals surface area contributed by atoms with E-state index < -0.39 is 6.10 Å². The molecule has 0 aliphatic rings. The third kappa shape index (κ3) is 4.35. The van der Waals surface area contributed by atoms with Crippen LogP contribution in [-0.2, 0) is 0 Å². The summed E-state index contributed by atoms with van der Waals surface area (Å²) in [5, 5.41) is 12.0. The van der Waals surface area contributed by atoms with E-state index >= 15 is 0 Å². The molecule has 1 rings (SSSR count). The molecule has 0 saturated heterocycles. The number of likely N-dealkylation sites (N-methyl/N-ethyl adjacent to an activating group) is 1. The molecule has 0 aliphatic heterocycles. The molecule has 2 atom stereocenters. The largest absolute Gasteiger partial charge is 0.392 e. The van der Waals surface area contributed by atoms with Gasteiger partial charge in [-0.3, -0.25) is 0 Å². The number of nitrogens with one attached hydrogen (secondary N) is 1. The van der Waals surface area contributed by atoms with Gasteiger partial charge in [-0.2, -0.15) is 0 Å². The van der Waals surface area contributed by atoms with Gasteiger partial charge in [-0.05, 0) is 31.5 Å².